The number of aliphatic hydroxyl groups excluding tert-OH is 1. The number of aliphatic hydroxyl groups is 1. The van der Waals surface area contributed by atoms with E-state index in [-0.39, 0.29) is 18.5 Å². The lowest BCUT2D eigenvalue weighted by Gasteiger charge is -2.29. The second-order valence-corrected chi connectivity index (χ2v) is 8.21. The van der Waals surface area contributed by atoms with E-state index in [9.17, 15) is 13.5 Å². The minimum atomic E-state index is -2.76. The van der Waals surface area contributed by atoms with Gasteiger partial charge in [-0.1, -0.05) is 19.3 Å². The van der Waals surface area contributed by atoms with Crippen LogP contribution in [-0.2, 0) is 9.84 Å². The predicted octanol–water partition coefficient (Wildman–Crippen LogP) is -3.36. The van der Waals surface area contributed by atoms with Crippen molar-refractivity contribution in [2.75, 3.05) is 31.1 Å². The van der Waals surface area contributed by atoms with Crippen molar-refractivity contribution in [2.24, 2.45) is 5.92 Å². The minimum Gasteiger partial charge on any atom is -1.00 e. The topological polar surface area (TPSA) is 58.8 Å². The van der Waals surface area contributed by atoms with Gasteiger partial charge in [-0.3, -0.25) is 0 Å². The molecule has 1 aliphatic carbocycles. The van der Waals surface area contributed by atoms with Gasteiger partial charge in [-0.25, -0.2) is 8.42 Å². The molecule has 1 aliphatic heterocycles. The maximum atomic E-state index is 11.3. The Kier molecular flexibility index (Phi) is 7.08. The van der Waals surface area contributed by atoms with Gasteiger partial charge in [-0.2, -0.15) is 0 Å². The summed E-state index contributed by atoms with van der Waals surface area (Å²) in [6.07, 6.45) is 6.85. The van der Waals surface area contributed by atoms with E-state index in [2.05, 4.69) is 0 Å². The van der Waals surface area contributed by atoms with Gasteiger partial charge in [0.05, 0.1) is 37.2 Å². The summed E-state index contributed by atoms with van der Waals surface area (Å²) in [5, 5.41) is 10.2. The molecule has 2 aliphatic rings. The second-order valence-electron chi connectivity index (χ2n) is 5.91. The molecule has 0 amide bonds. The fourth-order valence-electron chi connectivity index (χ4n) is 3.18. The highest BCUT2D eigenvalue weighted by atomic mass is 35.5. The lowest BCUT2D eigenvalue weighted by molar-refractivity contribution is -0.897. The molecule has 2 rings (SSSR count). The molecule has 114 valence electrons. The van der Waals surface area contributed by atoms with Crippen molar-refractivity contribution in [2.45, 2.75) is 44.6 Å². The van der Waals surface area contributed by atoms with Gasteiger partial charge in [0.1, 0.15) is 0 Å². The Morgan fingerprint density at radius 2 is 1.68 bits per heavy atom. The van der Waals surface area contributed by atoms with Crippen molar-refractivity contribution in [1.82, 2.24) is 0 Å². The van der Waals surface area contributed by atoms with E-state index in [0.29, 0.717) is 17.4 Å². The molecule has 0 spiro atoms. The van der Waals surface area contributed by atoms with Crippen molar-refractivity contribution >= 4 is 9.84 Å². The molecule has 1 saturated carbocycles. The highest BCUT2D eigenvalue weighted by Gasteiger charge is 2.27. The Labute approximate surface area is 122 Å². The Morgan fingerprint density at radius 3 is 2.26 bits per heavy atom. The summed E-state index contributed by atoms with van der Waals surface area (Å²) < 4.78 is 22.6. The molecule has 1 atom stereocenters. The van der Waals surface area contributed by atoms with E-state index < -0.39 is 9.84 Å². The lowest BCUT2D eigenvalue weighted by Crippen LogP contribution is -3.14. The molecule has 2 fully saturated rings. The molecule has 0 radical (unpaired) electrons. The summed E-state index contributed by atoms with van der Waals surface area (Å²) in [5.41, 5.74) is 0. The Bertz CT molecular complexity index is 341. The quantitative estimate of drug-likeness (QED) is 0.570. The molecule has 6 heteroatoms. The average molecular weight is 312 g/mol. The monoisotopic (exact) mass is 311 g/mol. The van der Waals surface area contributed by atoms with Crippen LogP contribution in [0.3, 0.4) is 0 Å². The van der Waals surface area contributed by atoms with Crippen LogP contribution in [0.1, 0.15) is 38.5 Å². The van der Waals surface area contributed by atoms with E-state index in [1.54, 1.807) is 0 Å². The molecule has 1 heterocycles. The molecule has 0 aromatic rings. The molecule has 1 saturated heterocycles. The van der Waals surface area contributed by atoms with Crippen LogP contribution in [0.2, 0.25) is 0 Å². The molecule has 1 unspecified atom stereocenters. The lowest BCUT2D eigenvalue weighted by atomic mass is 9.84. The zero-order valence-electron chi connectivity index (χ0n) is 11.5. The number of halogens is 1. The summed E-state index contributed by atoms with van der Waals surface area (Å²) in [5.74, 6) is 1.13. The number of sulfone groups is 1. The van der Waals surface area contributed by atoms with E-state index in [1.165, 1.54) is 37.0 Å². The second kappa shape index (κ2) is 7.81. The number of rotatable bonds is 4. The normalized spacial score (nSPS) is 26.6. The van der Waals surface area contributed by atoms with Gasteiger partial charge < -0.3 is 22.4 Å². The standard InChI is InChI=1S/C13H25NO3S.ClH/c15-13(12-4-2-1-3-5-12)6-7-14-8-10-18(16,17)11-9-14;/h12-13,15H,1-11H2;1H. The van der Waals surface area contributed by atoms with Gasteiger partial charge in [0, 0.05) is 6.42 Å². The molecular weight excluding hydrogens is 286 g/mol. The summed E-state index contributed by atoms with van der Waals surface area (Å²) in [6.45, 7) is 2.37. The van der Waals surface area contributed by atoms with Crippen molar-refractivity contribution in [3.63, 3.8) is 0 Å². The van der Waals surface area contributed by atoms with Crippen molar-refractivity contribution in [1.29, 1.82) is 0 Å². The average Bonchev–Trinajstić information content (AvgIpc) is 2.38. The first kappa shape index (κ1) is 17.2. The van der Waals surface area contributed by atoms with Crippen molar-refractivity contribution in [3.8, 4) is 0 Å². The molecule has 4 nitrogen and oxygen atoms in total. The third-order valence-electron chi connectivity index (χ3n) is 4.52. The summed E-state index contributed by atoms with van der Waals surface area (Å²) in [6, 6.07) is 0. The van der Waals surface area contributed by atoms with Gasteiger partial charge in [-0.05, 0) is 18.8 Å². The fraction of sp³-hybridized carbons (Fsp3) is 1.00. The minimum absolute atomic E-state index is 0. The highest BCUT2D eigenvalue weighted by Crippen LogP contribution is 2.27. The van der Waals surface area contributed by atoms with Crippen LogP contribution >= 0.6 is 0 Å². The first-order chi connectivity index (χ1) is 8.57. The smallest absolute Gasteiger partial charge is 0.161 e. The van der Waals surface area contributed by atoms with Crippen molar-refractivity contribution < 1.29 is 30.8 Å². The highest BCUT2D eigenvalue weighted by molar-refractivity contribution is 7.91. The number of hydrogen-bond donors (Lipinski definition) is 2. The van der Waals surface area contributed by atoms with Crippen LogP contribution in [0.25, 0.3) is 0 Å². The van der Waals surface area contributed by atoms with Crippen LogP contribution in [0.5, 0.6) is 0 Å². The summed E-state index contributed by atoms with van der Waals surface area (Å²) in [7, 11) is -2.76. The first-order valence-electron chi connectivity index (χ1n) is 7.29. The maximum Gasteiger partial charge on any atom is 0.161 e. The van der Waals surface area contributed by atoms with Crippen LogP contribution in [-0.4, -0.2) is 50.8 Å². The zero-order chi connectivity index (χ0) is 13.0. The van der Waals surface area contributed by atoms with Crippen LogP contribution in [0.4, 0.5) is 0 Å². The van der Waals surface area contributed by atoms with Crippen LogP contribution < -0.4 is 17.3 Å². The van der Waals surface area contributed by atoms with Gasteiger partial charge in [0.2, 0.25) is 0 Å². The van der Waals surface area contributed by atoms with Crippen LogP contribution in [0.15, 0.2) is 0 Å². The zero-order valence-corrected chi connectivity index (χ0v) is 13.1. The Hall–Kier alpha value is 0.160. The molecular formula is C13H26ClNO3S. The molecule has 0 aromatic heterocycles. The maximum absolute atomic E-state index is 11.3. The van der Waals surface area contributed by atoms with Gasteiger partial charge >= 0.3 is 0 Å². The predicted molar refractivity (Wildman–Crippen MR) is 71.4 cm³/mol. The fourth-order valence-corrected chi connectivity index (χ4v) is 4.59. The number of nitrogens with one attached hydrogen (secondary N) is 1. The van der Waals surface area contributed by atoms with Crippen LogP contribution in [0, 0.1) is 5.92 Å². The molecule has 19 heavy (non-hydrogen) atoms. The SMILES string of the molecule is O=S1(=O)CC[NH+](CCC(O)C2CCCCC2)CC1.[Cl-]. The Balaban J connectivity index is 0.00000180. The first-order valence-corrected chi connectivity index (χ1v) is 9.11. The van der Waals surface area contributed by atoms with Gasteiger partial charge in [-0.15, -0.1) is 0 Å². The third-order valence-corrected chi connectivity index (χ3v) is 6.17. The van der Waals surface area contributed by atoms with E-state index >= 15 is 0 Å². The molecule has 0 bridgehead atoms. The van der Waals surface area contributed by atoms with E-state index in [4.69, 9.17) is 0 Å². The van der Waals surface area contributed by atoms with Gasteiger partial charge in [0.25, 0.3) is 0 Å². The summed E-state index contributed by atoms with van der Waals surface area (Å²) in [4.78, 5) is 1.35. The van der Waals surface area contributed by atoms with Crippen molar-refractivity contribution in [3.05, 3.63) is 0 Å². The largest absolute Gasteiger partial charge is 1.00 e. The molecule has 0 aromatic carbocycles. The van der Waals surface area contributed by atoms with E-state index in [0.717, 1.165) is 26.1 Å². The Morgan fingerprint density at radius 1 is 1.11 bits per heavy atom. The number of quaternary nitrogens is 1. The number of hydrogen-bond acceptors (Lipinski definition) is 3. The van der Waals surface area contributed by atoms with E-state index in [1.807, 2.05) is 0 Å². The summed E-state index contributed by atoms with van der Waals surface area (Å²) >= 11 is 0. The molecule has 2 N–H and O–H groups in total. The van der Waals surface area contributed by atoms with Gasteiger partial charge in [0.15, 0.2) is 9.84 Å². The third kappa shape index (κ3) is 5.58.